The molecule has 0 fully saturated rings. The Balaban J connectivity index is 1.63. The van der Waals surface area contributed by atoms with E-state index in [0.29, 0.717) is 6.07 Å². The van der Waals surface area contributed by atoms with Gasteiger partial charge in [0.2, 0.25) is 0 Å². The molecule has 0 aromatic heterocycles. The molecule has 0 saturated heterocycles. The van der Waals surface area contributed by atoms with E-state index in [2.05, 4.69) is 0 Å². The summed E-state index contributed by atoms with van der Waals surface area (Å²) < 4.78 is 5.18. The van der Waals surface area contributed by atoms with Crippen molar-refractivity contribution in [3.8, 4) is 5.75 Å². The molecule has 0 radical (unpaired) electrons. The van der Waals surface area contributed by atoms with Crippen LogP contribution in [0.1, 0.15) is 31.1 Å². The van der Waals surface area contributed by atoms with E-state index in [-0.39, 0.29) is 22.6 Å². The van der Waals surface area contributed by atoms with E-state index in [1.54, 1.807) is 12.1 Å². The van der Waals surface area contributed by atoms with Crippen LogP contribution < -0.4 is 9.64 Å². The maximum Gasteiger partial charge on any atom is 0.350 e. The van der Waals surface area contributed by atoms with Crippen LogP contribution in [0.2, 0.25) is 0 Å². The number of rotatable bonds is 5. The van der Waals surface area contributed by atoms with Crippen LogP contribution in [-0.2, 0) is 0 Å². The molecule has 11 nitrogen and oxygen atoms in total. The van der Waals surface area contributed by atoms with Gasteiger partial charge in [-0.3, -0.25) is 29.8 Å². The van der Waals surface area contributed by atoms with Gasteiger partial charge in [-0.25, -0.2) is 9.69 Å². The average Bonchev–Trinajstić information content (AvgIpc) is 3.03. The highest BCUT2D eigenvalue weighted by Crippen LogP contribution is 2.31. The maximum atomic E-state index is 12.6. The first-order valence-electron chi connectivity index (χ1n) is 9.01. The molecule has 158 valence electrons. The zero-order valence-corrected chi connectivity index (χ0v) is 16.0. The lowest BCUT2D eigenvalue weighted by Crippen LogP contribution is -2.29. The maximum absolute atomic E-state index is 12.6. The van der Waals surface area contributed by atoms with Crippen molar-refractivity contribution in [3.63, 3.8) is 0 Å². The highest BCUT2D eigenvalue weighted by atomic mass is 16.6. The summed E-state index contributed by atoms with van der Waals surface area (Å²) in [7, 11) is 0. The minimum absolute atomic E-state index is 0.0864. The third-order valence-corrected chi connectivity index (χ3v) is 4.69. The molecule has 11 heteroatoms. The van der Waals surface area contributed by atoms with Crippen molar-refractivity contribution in [3.05, 3.63) is 104 Å². The van der Waals surface area contributed by atoms with Gasteiger partial charge < -0.3 is 4.74 Å². The van der Waals surface area contributed by atoms with Gasteiger partial charge >= 0.3 is 5.97 Å². The van der Waals surface area contributed by atoms with E-state index >= 15 is 0 Å². The topological polar surface area (TPSA) is 150 Å². The van der Waals surface area contributed by atoms with Crippen LogP contribution in [0.4, 0.5) is 17.1 Å². The predicted octanol–water partition coefficient (Wildman–Crippen LogP) is 3.52. The Morgan fingerprint density at radius 1 is 0.812 bits per heavy atom. The lowest BCUT2D eigenvalue weighted by molar-refractivity contribution is -0.394. The zero-order chi connectivity index (χ0) is 23.0. The molecule has 1 aliphatic heterocycles. The summed E-state index contributed by atoms with van der Waals surface area (Å²) in [6, 6.07) is 14.3. The summed E-state index contributed by atoms with van der Waals surface area (Å²) in [6.07, 6.45) is 0. The number of amides is 2. The lowest BCUT2D eigenvalue weighted by atomic mass is 10.1. The molecule has 1 aliphatic rings. The highest BCUT2D eigenvalue weighted by Gasteiger charge is 2.36. The summed E-state index contributed by atoms with van der Waals surface area (Å²) >= 11 is 0. The van der Waals surface area contributed by atoms with Crippen molar-refractivity contribution in [2.45, 2.75) is 0 Å². The number of ether oxygens (including phenoxy) is 1. The minimum atomic E-state index is -1.13. The van der Waals surface area contributed by atoms with E-state index < -0.39 is 44.6 Å². The molecule has 4 rings (SSSR count). The Labute approximate surface area is 178 Å². The summed E-state index contributed by atoms with van der Waals surface area (Å²) in [5.74, 6) is -2.30. The lowest BCUT2D eigenvalue weighted by Gasteiger charge is -2.15. The summed E-state index contributed by atoms with van der Waals surface area (Å²) in [4.78, 5) is 59.1. The van der Waals surface area contributed by atoms with Crippen LogP contribution in [0.25, 0.3) is 0 Å². The number of nitro benzene ring substituents is 2. The van der Waals surface area contributed by atoms with Gasteiger partial charge in [0.25, 0.3) is 23.2 Å². The Morgan fingerprint density at radius 2 is 1.47 bits per heavy atom. The van der Waals surface area contributed by atoms with Gasteiger partial charge in [0, 0.05) is 12.1 Å². The number of benzene rings is 3. The molecule has 1 heterocycles. The van der Waals surface area contributed by atoms with Crippen molar-refractivity contribution >= 4 is 34.8 Å². The second-order valence-electron chi connectivity index (χ2n) is 6.59. The van der Waals surface area contributed by atoms with Crippen molar-refractivity contribution in [1.82, 2.24) is 0 Å². The third-order valence-electron chi connectivity index (χ3n) is 4.69. The van der Waals surface area contributed by atoms with Gasteiger partial charge in [-0.2, -0.15) is 0 Å². The number of anilines is 1. The van der Waals surface area contributed by atoms with Crippen LogP contribution in [0, 0.1) is 20.2 Å². The molecular formula is C21H11N3O8. The molecule has 0 atom stereocenters. The normalized spacial score (nSPS) is 12.4. The van der Waals surface area contributed by atoms with Crippen molar-refractivity contribution in [1.29, 1.82) is 0 Å². The van der Waals surface area contributed by atoms with Crippen molar-refractivity contribution in [2.75, 3.05) is 4.90 Å². The number of carbonyl (C=O) groups excluding carboxylic acids is 3. The molecular weight excluding hydrogens is 422 g/mol. The number of fused-ring (bicyclic) bond motifs is 1. The van der Waals surface area contributed by atoms with E-state index in [0.717, 1.165) is 17.0 Å². The first-order valence-corrected chi connectivity index (χ1v) is 9.01. The number of hydrogen-bond acceptors (Lipinski definition) is 8. The van der Waals surface area contributed by atoms with E-state index in [1.165, 1.54) is 36.4 Å². The number of hydrogen-bond donors (Lipinski definition) is 0. The van der Waals surface area contributed by atoms with Gasteiger partial charge in [-0.1, -0.05) is 18.2 Å². The monoisotopic (exact) mass is 433 g/mol. The molecule has 0 bridgehead atoms. The Hall–Kier alpha value is -4.93. The van der Waals surface area contributed by atoms with Crippen molar-refractivity contribution in [2.24, 2.45) is 0 Å². The second kappa shape index (κ2) is 7.72. The van der Waals surface area contributed by atoms with Gasteiger partial charge in [0.05, 0.1) is 32.7 Å². The molecule has 2 amide bonds. The third kappa shape index (κ3) is 3.43. The molecule has 0 spiro atoms. The smallest absolute Gasteiger partial charge is 0.350 e. The highest BCUT2D eigenvalue weighted by molar-refractivity contribution is 6.34. The van der Waals surface area contributed by atoms with Crippen LogP contribution >= 0.6 is 0 Å². The fourth-order valence-electron chi connectivity index (χ4n) is 3.23. The first kappa shape index (κ1) is 20.3. The van der Waals surface area contributed by atoms with Gasteiger partial charge in [-0.15, -0.1) is 0 Å². The summed E-state index contributed by atoms with van der Waals surface area (Å²) in [5, 5.41) is 22.1. The largest absolute Gasteiger partial charge is 0.423 e. The average molecular weight is 433 g/mol. The SMILES string of the molecule is O=C(Oc1cccc(N2C(=O)c3ccccc3C2=O)c1)c1ccc([N+](=O)[O-])cc1[N+](=O)[O-]. The Bertz CT molecular complexity index is 1300. The molecule has 0 saturated carbocycles. The predicted molar refractivity (Wildman–Crippen MR) is 109 cm³/mol. The van der Waals surface area contributed by atoms with E-state index in [9.17, 15) is 34.6 Å². The molecule has 0 N–H and O–H groups in total. The quantitative estimate of drug-likeness (QED) is 0.195. The standard InChI is InChI=1S/C21H11N3O8/c25-19-15-6-1-2-7-16(15)20(26)22(19)12-4-3-5-14(10-12)32-21(27)17-9-8-13(23(28)29)11-18(17)24(30)31/h1-11H. The minimum Gasteiger partial charge on any atom is -0.423 e. The van der Waals surface area contributed by atoms with Gasteiger partial charge in [0.1, 0.15) is 11.3 Å². The Kier molecular flexibility index (Phi) is 4.91. The number of esters is 1. The number of carbonyl (C=O) groups is 3. The van der Waals surface area contributed by atoms with Crippen LogP contribution in [0.3, 0.4) is 0 Å². The summed E-state index contributed by atoms with van der Waals surface area (Å²) in [5.41, 5.74) is -1.23. The number of imide groups is 1. The molecule has 0 unspecified atom stereocenters. The van der Waals surface area contributed by atoms with Crippen LogP contribution in [-0.4, -0.2) is 27.6 Å². The molecule has 3 aromatic rings. The number of nitro groups is 2. The molecule has 3 aromatic carbocycles. The Morgan fingerprint density at radius 3 is 2.06 bits per heavy atom. The first-order chi connectivity index (χ1) is 15.3. The second-order valence-corrected chi connectivity index (χ2v) is 6.59. The van der Waals surface area contributed by atoms with Crippen molar-refractivity contribution < 1.29 is 29.0 Å². The van der Waals surface area contributed by atoms with E-state index in [4.69, 9.17) is 4.74 Å². The fraction of sp³-hybridized carbons (Fsp3) is 0. The zero-order valence-electron chi connectivity index (χ0n) is 16.0. The molecule has 32 heavy (non-hydrogen) atoms. The fourth-order valence-corrected chi connectivity index (χ4v) is 3.23. The molecule has 0 aliphatic carbocycles. The van der Waals surface area contributed by atoms with Crippen LogP contribution in [0.5, 0.6) is 5.75 Å². The van der Waals surface area contributed by atoms with E-state index in [1.807, 2.05) is 0 Å². The number of non-ortho nitro benzene ring substituents is 1. The van der Waals surface area contributed by atoms with Gasteiger partial charge in [-0.05, 0) is 30.3 Å². The summed E-state index contributed by atoms with van der Waals surface area (Å²) in [6.45, 7) is 0. The number of nitrogens with zero attached hydrogens (tertiary/aromatic N) is 3. The van der Waals surface area contributed by atoms with Crippen LogP contribution in [0.15, 0.2) is 66.7 Å². The van der Waals surface area contributed by atoms with Gasteiger partial charge in [0.15, 0.2) is 0 Å².